The molecule has 0 aliphatic rings. The van der Waals surface area contributed by atoms with Gasteiger partial charge in [0.25, 0.3) is 0 Å². The van der Waals surface area contributed by atoms with E-state index in [0.29, 0.717) is 5.57 Å². The van der Waals surface area contributed by atoms with Gasteiger partial charge in [0.1, 0.15) is 0 Å². The molecule has 0 atom stereocenters. The molecule has 0 aromatic heterocycles. The highest BCUT2D eigenvalue weighted by atomic mass is 19.4. The van der Waals surface area contributed by atoms with Gasteiger partial charge in [-0.3, -0.25) is 0 Å². The molecule has 0 heterocycles. The first-order chi connectivity index (χ1) is 6.22. The van der Waals surface area contributed by atoms with E-state index < -0.39 is 18.8 Å². The topological polar surface area (TPSA) is 26.3 Å². The molecular formula is C9H13F3O2. The van der Waals surface area contributed by atoms with Crippen LogP contribution < -0.4 is 0 Å². The SMILES string of the molecule is CC(=CC(=O)OCC(F)(F)F)C(C)C. The maximum atomic E-state index is 11.6. The Morgan fingerprint density at radius 1 is 1.43 bits per heavy atom. The van der Waals surface area contributed by atoms with Crippen molar-refractivity contribution in [2.75, 3.05) is 6.61 Å². The van der Waals surface area contributed by atoms with Gasteiger partial charge in [0, 0.05) is 6.08 Å². The fraction of sp³-hybridized carbons (Fsp3) is 0.667. The highest BCUT2D eigenvalue weighted by Crippen LogP contribution is 2.15. The molecular weight excluding hydrogens is 197 g/mol. The zero-order chi connectivity index (χ0) is 11.4. The second-order valence-corrected chi connectivity index (χ2v) is 3.27. The first-order valence-corrected chi connectivity index (χ1v) is 4.14. The average Bonchev–Trinajstić information content (AvgIpc) is 1.99. The van der Waals surface area contributed by atoms with Gasteiger partial charge in [0.05, 0.1) is 0 Å². The van der Waals surface area contributed by atoms with Gasteiger partial charge in [0.15, 0.2) is 6.61 Å². The van der Waals surface area contributed by atoms with Crippen LogP contribution in [0.15, 0.2) is 11.6 Å². The fourth-order valence-electron chi connectivity index (χ4n) is 0.547. The molecule has 0 bridgehead atoms. The summed E-state index contributed by atoms with van der Waals surface area (Å²) in [6.45, 7) is 3.80. The number of allylic oxidation sites excluding steroid dienone is 1. The summed E-state index contributed by atoms with van der Waals surface area (Å²) in [7, 11) is 0. The van der Waals surface area contributed by atoms with Crippen molar-refractivity contribution in [3.8, 4) is 0 Å². The summed E-state index contributed by atoms with van der Waals surface area (Å²) in [4.78, 5) is 10.8. The van der Waals surface area contributed by atoms with Crippen LogP contribution in [0.5, 0.6) is 0 Å². The molecule has 14 heavy (non-hydrogen) atoms. The Balaban J connectivity index is 4.06. The van der Waals surface area contributed by atoms with Gasteiger partial charge in [-0.05, 0) is 12.8 Å². The largest absolute Gasteiger partial charge is 0.453 e. The summed E-state index contributed by atoms with van der Waals surface area (Å²) in [5.41, 5.74) is 0.692. The lowest BCUT2D eigenvalue weighted by atomic mass is 10.1. The standard InChI is InChI=1S/C9H13F3O2/c1-6(2)7(3)4-8(13)14-5-9(10,11)12/h4,6H,5H2,1-3H3. The Kier molecular flexibility index (Phi) is 4.67. The van der Waals surface area contributed by atoms with Crippen molar-refractivity contribution in [2.45, 2.75) is 26.9 Å². The van der Waals surface area contributed by atoms with Crippen molar-refractivity contribution < 1.29 is 22.7 Å². The molecule has 0 aromatic rings. The van der Waals surface area contributed by atoms with Gasteiger partial charge in [-0.25, -0.2) is 4.79 Å². The zero-order valence-electron chi connectivity index (χ0n) is 8.31. The smallest absolute Gasteiger partial charge is 0.422 e. The van der Waals surface area contributed by atoms with Crippen molar-refractivity contribution in [3.05, 3.63) is 11.6 Å². The maximum absolute atomic E-state index is 11.6. The normalized spacial score (nSPS) is 13.2. The van der Waals surface area contributed by atoms with Crippen LogP contribution in [0.1, 0.15) is 20.8 Å². The zero-order valence-corrected chi connectivity index (χ0v) is 8.31. The third-order valence-electron chi connectivity index (χ3n) is 1.63. The van der Waals surface area contributed by atoms with E-state index >= 15 is 0 Å². The molecule has 0 radical (unpaired) electrons. The third-order valence-corrected chi connectivity index (χ3v) is 1.63. The minimum Gasteiger partial charge on any atom is -0.453 e. The Morgan fingerprint density at radius 2 is 1.93 bits per heavy atom. The second-order valence-electron chi connectivity index (χ2n) is 3.27. The van der Waals surface area contributed by atoms with Crippen LogP contribution in [0.3, 0.4) is 0 Å². The van der Waals surface area contributed by atoms with E-state index in [-0.39, 0.29) is 5.92 Å². The van der Waals surface area contributed by atoms with Crippen LogP contribution in [0.4, 0.5) is 13.2 Å². The molecule has 0 fully saturated rings. The van der Waals surface area contributed by atoms with Crippen molar-refractivity contribution in [2.24, 2.45) is 5.92 Å². The molecule has 0 rings (SSSR count). The second kappa shape index (κ2) is 5.02. The number of hydrogen-bond acceptors (Lipinski definition) is 2. The number of halogens is 3. The summed E-state index contributed by atoms with van der Waals surface area (Å²) in [6, 6.07) is 0. The van der Waals surface area contributed by atoms with Crippen LogP contribution in [-0.2, 0) is 9.53 Å². The predicted octanol–water partition coefficient (Wildman–Crippen LogP) is 2.69. The lowest BCUT2D eigenvalue weighted by Gasteiger charge is -2.07. The van der Waals surface area contributed by atoms with Gasteiger partial charge in [-0.2, -0.15) is 13.2 Å². The molecule has 2 nitrogen and oxygen atoms in total. The highest BCUT2D eigenvalue weighted by molar-refractivity contribution is 5.82. The molecule has 0 spiro atoms. The summed E-state index contributed by atoms with van der Waals surface area (Å²) >= 11 is 0. The average molecular weight is 210 g/mol. The Labute approximate surface area is 80.7 Å². The molecule has 0 N–H and O–H groups in total. The number of hydrogen-bond donors (Lipinski definition) is 0. The summed E-state index contributed by atoms with van der Waals surface area (Å²) in [5.74, 6) is -0.832. The van der Waals surface area contributed by atoms with E-state index in [2.05, 4.69) is 4.74 Å². The first kappa shape index (κ1) is 13.0. The van der Waals surface area contributed by atoms with E-state index in [9.17, 15) is 18.0 Å². The number of esters is 1. The van der Waals surface area contributed by atoms with Crippen molar-refractivity contribution >= 4 is 5.97 Å². The molecule has 5 heteroatoms. The quantitative estimate of drug-likeness (QED) is 0.528. The van der Waals surface area contributed by atoms with E-state index in [0.717, 1.165) is 6.08 Å². The molecule has 0 unspecified atom stereocenters. The summed E-state index contributed by atoms with van der Waals surface area (Å²) in [5, 5.41) is 0. The van der Waals surface area contributed by atoms with E-state index in [1.807, 2.05) is 13.8 Å². The van der Waals surface area contributed by atoms with Crippen molar-refractivity contribution in [1.82, 2.24) is 0 Å². The van der Waals surface area contributed by atoms with Gasteiger partial charge in [-0.15, -0.1) is 0 Å². The predicted molar refractivity (Wildman–Crippen MR) is 45.6 cm³/mol. The van der Waals surface area contributed by atoms with Crippen molar-refractivity contribution in [3.63, 3.8) is 0 Å². The van der Waals surface area contributed by atoms with Crippen LogP contribution in [-0.4, -0.2) is 18.8 Å². The third kappa shape index (κ3) is 6.51. The monoisotopic (exact) mass is 210 g/mol. The van der Waals surface area contributed by atoms with Gasteiger partial charge in [-0.1, -0.05) is 19.4 Å². The summed E-state index contributed by atoms with van der Waals surface area (Å²) < 4.78 is 38.8. The number of carbonyl (C=O) groups is 1. The minimum atomic E-state index is -4.46. The molecule has 0 aliphatic heterocycles. The van der Waals surface area contributed by atoms with Crippen LogP contribution in [0.25, 0.3) is 0 Å². The van der Waals surface area contributed by atoms with Gasteiger partial charge in [0.2, 0.25) is 0 Å². The number of alkyl halides is 3. The molecule has 0 aromatic carbocycles. The van der Waals surface area contributed by atoms with E-state index in [1.165, 1.54) is 0 Å². The lowest BCUT2D eigenvalue weighted by molar-refractivity contribution is -0.182. The molecule has 82 valence electrons. The Morgan fingerprint density at radius 3 is 2.29 bits per heavy atom. The first-order valence-electron chi connectivity index (χ1n) is 4.14. The van der Waals surface area contributed by atoms with Crippen LogP contribution in [0.2, 0.25) is 0 Å². The van der Waals surface area contributed by atoms with Gasteiger partial charge < -0.3 is 4.74 Å². The lowest BCUT2D eigenvalue weighted by Crippen LogP contribution is -2.19. The minimum absolute atomic E-state index is 0.119. The van der Waals surface area contributed by atoms with Crippen LogP contribution >= 0.6 is 0 Å². The molecule has 0 saturated heterocycles. The number of rotatable bonds is 3. The maximum Gasteiger partial charge on any atom is 0.422 e. The molecule has 0 saturated carbocycles. The van der Waals surface area contributed by atoms with E-state index in [1.54, 1.807) is 6.92 Å². The Bertz CT molecular complexity index is 229. The molecule has 0 amide bonds. The number of ether oxygens (including phenoxy) is 1. The molecule has 0 aliphatic carbocycles. The van der Waals surface area contributed by atoms with Crippen LogP contribution in [0, 0.1) is 5.92 Å². The van der Waals surface area contributed by atoms with E-state index in [4.69, 9.17) is 0 Å². The Hall–Kier alpha value is -1.00. The van der Waals surface area contributed by atoms with Crippen molar-refractivity contribution in [1.29, 1.82) is 0 Å². The summed E-state index contributed by atoms with van der Waals surface area (Å²) in [6.07, 6.45) is -3.38. The fourth-order valence-corrected chi connectivity index (χ4v) is 0.547. The van der Waals surface area contributed by atoms with Gasteiger partial charge >= 0.3 is 12.1 Å². The highest BCUT2D eigenvalue weighted by Gasteiger charge is 2.29. The number of carbonyl (C=O) groups excluding carboxylic acids is 1.